The van der Waals surface area contributed by atoms with E-state index in [1.807, 2.05) is 19.9 Å². The Morgan fingerprint density at radius 1 is 0.871 bits per heavy atom. The van der Waals surface area contributed by atoms with E-state index in [-0.39, 0.29) is 80.4 Å². The number of aliphatic hydroxyl groups excluding tert-OH is 2. The maximum absolute atomic E-state index is 14.5. The van der Waals surface area contributed by atoms with Crippen molar-refractivity contribution in [3.8, 4) is 0 Å². The maximum atomic E-state index is 14.5. The number of rotatable bonds is 9. The molecule has 0 spiro atoms. The fourth-order valence-corrected chi connectivity index (χ4v) is 11.4. The highest BCUT2D eigenvalue weighted by atomic mass is 31.2. The largest absolute Gasteiger partial charge is 0.460 e. The number of ether oxygens (including phenoxy) is 5. The second kappa shape index (κ2) is 27.2. The van der Waals surface area contributed by atoms with Crippen molar-refractivity contribution >= 4 is 36.6 Å². The number of cyclic esters (lactones) is 1. The third-order valence-electron chi connectivity index (χ3n) is 15.0. The van der Waals surface area contributed by atoms with Crippen molar-refractivity contribution in [2.75, 3.05) is 47.8 Å². The van der Waals surface area contributed by atoms with Gasteiger partial charge in [0.1, 0.15) is 30.1 Å². The Kier molecular flexibility index (Phi) is 23.1. The number of nitrogens with zero attached hydrogens (tertiary/aromatic N) is 1. The first-order valence-electron chi connectivity index (χ1n) is 25.3. The van der Waals surface area contributed by atoms with Gasteiger partial charge in [0.05, 0.1) is 24.4 Å². The smallest absolute Gasteiger partial charge is 0.329 e. The van der Waals surface area contributed by atoms with E-state index >= 15 is 0 Å². The summed E-state index contributed by atoms with van der Waals surface area (Å²) in [5.74, 6) is -8.94. The average molecular weight is 1010 g/mol. The number of fused-ring (bicyclic) bond motifs is 3. The van der Waals surface area contributed by atoms with Crippen LogP contribution < -0.4 is 0 Å². The molecule has 2 bridgehead atoms. The minimum absolute atomic E-state index is 0.0653. The lowest BCUT2D eigenvalue weighted by molar-refractivity contribution is -0.265. The molecule has 3 fully saturated rings. The summed E-state index contributed by atoms with van der Waals surface area (Å²) in [6.07, 6.45) is 10.1. The Balaban J connectivity index is 1.71. The van der Waals surface area contributed by atoms with Crippen LogP contribution in [-0.2, 0) is 56.7 Å². The first kappa shape index (κ1) is 59.4. The third kappa shape index (κ3) is 16.2. The van der Waals surface area contributed by atoms with Crippen molar-refractivity contribution in [3.63, 3.8) is 0 Å². The number of piperidine rings is 1. The summed E-state index contributed by atoms with van der Waals surface area (Å²) in [7, 11) is 1.68. The van der Waals surface area contributed by atoms with Crippen molar-refractivity contribution in [1.29, 1.82) is 0 Å². The molecule has 4 aliphatic rings. The van der Waals surface area contributed by atoms with E-state index in [9.17, 15) is 43.9 Å². The second-order valence-electron chi connectivity index (χ2n) is 20.9. The van der Waals surface area contributed by atoms with Crippen LogP contribution in [0.1, 0.15) is 119 Å². The molecule has 0 aromatic heterocycles. The maximum Gasteiger partial charge on any atom is 0.329 e. The number of carbonyl (C=O) groups excluding carboxylic acids is 5. The number of hydrogen-bond acceptors (Lipinski definition) is 15. The molecule has 3 N–H and O–H groups in total. The molecular formula is C53H84NO15P. The van der Waals surface area contributed by atoms with Gasteiger partial charge in [0.15, 0.2) is 13.2 Å². The summed E-state index contributed by atoms with van der Waals surface area (Å²) >= 11 is 0. The number of aliphatic hydroxyl groups is 3. The highest BCUT2D eigenvalue weighted by Crippen LogP contribution is 2.45. The number of Topliss-reactive ketones (excluding diaryl/α,β-unsaturated/α-hetero) is 3. The lowest BCUT2D eigenvalue weighted by Crippen LogP contribution is -2.61. The van der Waals surface area contributed by atoms with Crippen LogP contribution in [0.2, 0.25) is 0 Å². The van der Waals surface area contributed by atoms with Crippen LogP contribution in [0.25, 0.3) is 0 Å². The van der Waals surface area contributed by atoms with Gasteiger partial charge in [0, 0.05) is 84.3 Å². The molecule has 1 aliphatic carbocycles. The Morgan fingerprint density at radius 3 is 2.23 bits per heavy atom. The summed E-state index contributed by atoms with van der Waals surface area (Å²) in [6, 6.07) is -1.17. The van der Waals surface area contributed by atoms with Gasteiger partial charge in [-0.1, -0.05) is 64.2 Å². The molecule has 16 nitrogen and oxygen atoms in total. The molecule has 15 atom stereocenters. The number of allylic oxidation sites excluding steroid dienone is 5. The van der Waals surface area contributed by atoms with Gasteiger partial charge in [-0.25, -0.2) is 4.79 Å². The van der Waals surface area contributed by atoms with Crippen LogP contribution in [0.4, 0.5) is 0 Å². The predicted octanol–water partition coefficient (Wildman–Crippen LogP) is 6.72. The first-order valence-corrected chi connectivity index (χ1v) is 27.8. The van der Waals surface area contributed by atoms with Gasteiger partial charge in [-0.05, 0) is 101 Å². The van der Waals surface area contributed by atoms with Crippen LogP contribution in [0, 0.1) is 35.5 Å². The van der Waals surface area contributed by atoms with Gasteiger partial charge in [0.25, 0.3) is 11.7 Å². The summed E-state index contributed by atoms with van der Waals surface area (Å²) in [5, 5.41) is 33.7. The Bertz CT molecular complexity index is 1960. The van der Waals surface area contributed by atoms with Crippen molar-refractivity contribution in [3.05, 3.63) is 47.6 Å². The summed E-state index contributed by atoms with van der Waals surface area (Å²) in [5.41, 5.74) is 1.16. The molecule has 70 heavy (non-hydrogen) atoms. The molecule has 3 heterocycles. The van der Waals surface area contributed by atoms with Gasteiger partial charge in [-0.3, -0.25) is 23.7 Å². The van der Waals surface area contributed by atoms with E-state index in [2.05, 4.69) is 0 Å². The summed E-state index contributed by atoms with van der Waals surface area (Å²) in [6.45, 7) is 13.4. The SMILES string of the molecule is CO[C@H]1C[C@@H]2CC[C@@H](C)[C@@](O)(O2)C(=O)C(=O)N2CCCC[C@H]2C(=O)O[C@H]([C@H](C)C[C@@H]2CC[C@@H](OP(C)(C)=O)[C@H](OC)C2)CC(=O)[C@H](C)/C=C(\C)[C@@H](O)[C@@H](OC)C(=O)[C@H](C)CC(CO)/C=C/C=C/C=C/1C. The Morgan fingerprint density at radius 2 is 1.59 bits per heavy atom. The number of amides is 1. The van der Waals surface area contributed by atoms with E-state index in [1.54, 1.807) is 85.6 Å². The van der Waals surface area contributed by atoms with Gasteiger partial charge in [-0.15, -0.1) is 0 Å². The lowest BCUT2D eigenvalue weighted by atomic mass is 9.78. The number of carbonyl (C=O) groups is 5. The summed E-state index contributed by atoms with van der Waals surface area (Å²) in [4.78, 5) is 72.3. The second-order valence-corrected chi connectivity index (χ2v) is 23.6. The minimum atomic E-state index is -2.80. The van der Waals surface area contributed by atoms with Crippen LogP contribution >= 0.6 is 7.37 Å². The van der Waals surface area contributed by atoms with Gasteiger partial charge in [0.2, 0.25) is 5.79 Å². The number of ketones is 3. The molecule has 0 radical (unpaired) electrons. The quantitative estimate of drug-likeness (QED) is 0.0945. The monoisotopic (exact) mass is 1010 g/mol. The molecule has 4 rings (SSSR count). The first-order chi connectivity index (χ1) is 33.0. The van der Waals surface area contributed by atoms with E-state index in [0.29, 0.717) is 56.9 Å². The molecular weight excluding hydrogens is 922 g/mol. The molecule has 17 heteroatoms. The van der Waals surface area contributed by atoms with E-state index in [4.69, 9.17) is 28.2 Å². The molecule has 1 amide bonds. The molecule has 396 valence electrons. The summed E-state index contributed by atoms with van der Waals surface area (Å²) < 4.78 is 48.1. The van der Waals surface area contributed by atoms with Crippen LogP contribution in [0.15, 0.2) is 47.6 Å². The Hall–Kier alpha value is -3.18. The van der Waals surface area contributed by atoms with Crippen molar-refractivity contribution in [2.24, 2.45) is 35.5 Å². The number of esters is 1. The highest BCUT2D eigenvalue weighted by molar-refractivity contribution is 7.57. The molecule has 0 aromatic rings. The van der Waals surface area contributed by atoms with Gasteiger partial charge >= 0.3 is 5.97 Å². The zero-order valence-electron chi connectivity index (χ0n) is 43.6. The van der Waals surface area contributed by atoms with Crippen molar-refractivity contribution < 1.29 is 72.1 Å². The molecule has 0 aromatic carbocycles. The Labute approximate surface area is 416 Å². The molecule has 1 saturated carbocycles. The van der Waals surface area contributed by atoms with Crippen LogP contribution in [-0.4, -0.2) is 152 Å². The number of methoxy groups -OCH3 is 3. The fraction of sp³-hybridized carbons (Fsp3) is 0.755. The minimum Gasteiger partial charge on any atom is -0.460 e. The van der Waals surface area contributed by atoms with E-state index in [0.717, 1.165) is 5.57 Å². The zero-order chi connectivity index (χ0) is 52.1. The normalized spacial score (nSPS) is 38.6. The average Bonchev–Trinajstić information content (AvgIpc) is 3.32. The number of hydrogen-bond donors (Lipinski definition) is 3. The van der Waals surface area contributed by atoms with Gasteiger partial charge < -0.3 is 48.4 Å². The highest BCUT2D eigenvalue weighted by Gasteiger charge is 2.53. The fourth-order valence-electron chi connectivity index (χ4n) is 10.5. The van der Waals surface area contributed by atoms with Crippen molar-refractivity contribution in [1.82, 2.24) is 4.90 Å². The zero-order valence-corrected chi connectivity index (χ0v) is 44.5. The van der Waals surface area contributed by atoms with E-state index in [1.165, 1.54) is 12.0 Å². The molecule has 3 aliphatic heterocycles. The predicted molar refractivity (Wildman–Crippen MR) is 265 cm³/mol. The van der Waals surface area contributed by atoms with Crippen LogP contribution in [0.3, 0.4) is 0 Å². The topological polar surface area (TPSA) is 222 Å². The lowest BCUT2D eigenvalue weighted by Gasteiger charge is -2.42. The van der Waals surface area contributed by atoms with Crippen LogP contribution in [0.5, 0.6) is 0 Å². The van der Waals surface area contributed by atoms with Crippen molar-refractivity contribution in [2.45, 2.75) is 173 Å². The molecule has 1 unspecified atom stereocenters. The third-order valence-corrected chi connectivity index (χ3v) is 15.7. The molecule has 2 saturated heterocycles. The van der Waals surface area contributed by atoms with E-state index < -0.39 is 85.1 Å². The van der Waals surface area contributed by atoms with Gasteiger partial charge in [-0.2, -0.15) is 0 Å². The standard InChI is InChI=1S/C53H84NO15P/c1-32-17-13-12-14-18-39(31-55)27-36(5)48(58)49(66-9)47(57)35(4)25-33(2)42(56)30-45(34(3)26-38-21-23-43(46(28-38)65-8)69-70(10,11)63)67-52(61)41-19-15-16-24-54(41)51(60)50(59)53(62)37(6)20-22-40(68-53)29-44(32)64-7/h12-14,17-18,25,33-34,36-41,43-47,49,55,57,62H,15-16,19-24,26-31H2,1-11H3/b13-12+,18-14+,32-17+,35-25+/t33-,34-,36-,37-,38+,39?,40+,41+,43-,44+,45+,46-,47-,49-,53-/m1/s1.